The minimum Gasteiger partial charge on any atom is -0.480 e. The number of carboxylic acid groups (broad SMARTS) is 2. The maximum Gasteiger partial charge on any atom is 0.323 e. The van der Waals surface area contributed by atoms with E-state index in [0.29, 0.717) is 4.90 Å². The smallest absolute Gasteiger partial charge is 0.323 e. The van der Waals surface area contributed by atoms with Crippen LogP contribution in [0.1, 0.15) is 10.4 Å². The van der Waals surface area contributed by atoms with Crippen molar-refractivity contribution in [1.82, 2.24) is 4.90 Å². The van der Waals surface area contributed by atoms with Crippen LogP contribution in [0.3, 0.4) is 0 Å². The molecule has 0 bridgehead atoms. The summed E-state index contributed by atoms with van der Waals surface area (Å²) in [6.45, 7) is -1.86. The van der Waals surface area contributed by atoms with Crippen LogP contribution in [0.5, 0.6) is 0 Å². The Morgan fingerprint density at radius 2 is 1.58 bits per heavy atom. The lowest BCUT2D eigenvalue weighted by Gasteiger charge is -2.18. The normalized spacial score (nSPS) is 10.0. The van der Waals surface area contributed by atoms with Gasteiger partial charge >= 0.3 is 11.9 Å². The first-order valence-electron chi connectivity index (χ1n) is 4.99. The van der Waals surface area contributed by atoms with Gasteiger partial charge in [-0.05, 0) is 12.1 Å². The third-order valence-corrected chi connectivity index (χ3v) is 2.12. The topological polar surface area (TPSA) is 94.9 Å². The van der Waals surface area contributed by atoms with Crippen molar-refractivity contribution in [3.8, 4) is 0 Å². The molecule has 1 rings (SSSR count). The number of rotatable bonds is 5. The SMILES string of the molecule is O=C(O)CN(CC(=O)O)C(=O)c1cccc(F)c1F. The fourth-order valence-corrected chi connectivity index (χ4v) is 1.37. The van der Waals surface area contributed by atoms with Crippen molar-refractivity contribution in [3.63, 3.8) is 0 Å². The Balaban J connectivity index is 3.07. The molecule has 0 unspecified atom stereocenters. The van der Waals surface area contributed by atoms with Crippen molar-refractivity contribution >= 4 is 17.8 Å². The number of benzene rings is 1. The molecule has 0 aliphatic rings. The number of carbonyl (C=O) groups is 3. The van der Waals surface area contributed by atoms with Gasteiger partial charge in [-0.2, -0.15) is 0 Å². The van der Waals surface area contributed by atoms with E-state index in [9.17, 15) is 23.2 Å². The highest BCUT2D eigenvalue weighted by atomic mass is 19.2. The second kappa shape index (κ2) is 5.89. The van der Waals surface area contributed by atoms with Gasteiger partial charge in [0.15, 0.2) is 11.6 Å². The zero-order valence-corrected chi connectivity index (χ0v) is 9.47. The lowest BCUT2D eigenvalue weighted by atomic mass is 10.1. The van der Waals surface area contributed by atoms with Crippen molar-refractivity contribution in [2.45, 2.75) is 0 Å². The maximum atomic E-state index is 13.4. The molecular formula is C11H9F2NO5. The fourth-order valence-electron chi connectivity index (χ4n) is 1.37. The summed E-state index contributed by atoms with van der Waals surface area (Å²) in [7, 11) is 0. The van der Waals surface area contributed by atoms with Crippen LogP contribution >= 0.6 is 0 Å². The summed E-state index contributed by atoms with van der Waals surface area (Å²) >= 11 is 0. The van der Waals surface area contributed by atoms with Crippen molar-refractivity contribution in [1.29, 1.82) is 0 Å². The molecule has 0 saturated heterocycles. The molecule has 0 fully saturated rings. The van der Waals surface area contributed by atoms with Crippen LogP contribution in [-0.2, 0) is 9.59 Å². The molecule has 0 aromatic heterocycles. The molecule has 0 radical (unpaired) electrons. The molecule has 0 spiro atoms. The van der Waals surface area contributed by atoms with E-state index < -0.39 is 48.1 Å². The Morgan fingerprint density at radius 1 is 1.05 bits per heavy atom. The Hall–Kier alpha value is -2.51. The van der Waals surface area contributed by atoms with Crippen LogP contribution in [0.25, 0.3) is 0 Å². The monoisotopic (exact) mass is 273 g/mol. The van der Waals surface area contributed by atoms with Crippen molar-refractivity contribution in [2.24, 2.45) is 0 Å². The number of carboxylic acids is 2. The molecule has 0 saturated carbocycles. The lowest BCUT2D eigenvalue weighted by Crippen LogP contribution is -2.39. The predicted octanol–water partition coefficient (Wildman–Crippen LogP) is 0.576. The first kappa shape index (κ1) is 14.6. The van der Waals surface area contributed by atoms with Gasteiger partial charge in [0, 0.05) is 0 Å². The van der Waals surface area contributed by atoms with Gasteiger partial charge in [-0.3, -0.25) is 14.4 Å². The fraction of sp³-hybridized carbons (Fsp3) is 0.182. The summed E-state index contributed by atoms with van der Waals surface area (Å²) in [5, 5.41) is 17.1. The van der Waals surface area contributed by atoms with E-state index >= 15 is 0 Å². The largest absolute Gasteiger partial charge is 0.480 e. The lowest BCUT2D eigenvalue weighted by molar-refractivity contribution is -0.140. The number of hydrogen-bond acceptors (Lipinski definition) is 3. The zero-order chi connectivity index (χ0) is 14.6. The minimum atomic E-state index is -1.47. The van der Waals surface area contributed by atoms with Gasteiger partial charge in [0.2, 0.25) is 0 Å². The Morgan fingerprint density at radius 3 is 2.05 bits per heavy atom. The van der Waals surface area contributed by atoms with Crippen LogP contribution in [0.15, 0.2) is 18.2 Å². The summed E-state index contributed by atoms with van der Waals surface area (Å²) in [6, 6.07) is 2.79. The standard InChI is InChI=1S/C11H9F2NO5/c12-7-3-1-2-6(10(7)13)11(19)14(4-8(15)16)5-9(17)18/h1-3H,4-5H2,(H,15,16)(H,17,18). The first-order chi connectivity index (χ1) is 8.82. The van der Waals surface area contributed by atoms with Gasteiger partial charge in [0.1, 0.15) is 13.1 Å². The summed E-state index contributed by atoms with van der Waals surface area (Å²) in [6.07, 6.45) is 0. The first-order valence-corrected chi connectivity index (χ1v) is 4.99. The van der Waals surface area contributed by atoms with E-state index in [1.165, 1.54) is 0 Å². The van der Waals surface area contributed by atoms with E-state index in [4.69, 9.17) is 10.2 Å². The number of amides is 1. The number of halogens is 2. The summed E-state index contributed by atoms with van der Waals surface area (Å²) in [5.41, 5.74) is -0.720. The average Bonchev–Trinajstić information content (AvgIpc) is 2.30. The van der Waals surface area contributed by atoms with Gasteiger partial charge in [-0.1, -0.05) is 6.07 Å². The van der Waals surface area contributed by atoms with Crippen molar-refractivity contribution in [3.05, 3.63) is 35.4 Å². The number of nitrogens with zero attached hydrogens (tertiary/aromatic N) is 1. The molecule has 0 heterocycles. The third-order valence-electron chi connectivity index (χ3n) is 2.12. The Labute approximate surface area is 105 Å². The van der Waals surface area contributed by atoms with E-state index in [2.05, 4.69) is 0 Å². The molecule has 8 heteroatoms. The minimum absolute atomic E-state index is 0.391. The van der Waals surface area contributed by atoms with E-state index in [1.807, 2.05) is 0 Å². The van der Waals surface area contributed by atoms with Crippen LogP contribution in [-0.4, -0.2) is 46.0 Å². The molecule has 0 aliphatic heterocycles. The second-order valence-electron chi connectivity index (χ2n) is 3.55. The average molecular weight is 273 g/mol. The molecule has 19 heavy (non-hydrogen) atoms. The van der Waals surface area contributed by atoms with Crippen LogP contribution < -0.4 is 0 Å². The van der Waals surface area contributed by atoms with Crippen molar-refractivity contribution in [2.75, 3.05) is 13.1 Å². The molecule has 1 aromatic rings. The summed E-state index contributed by atoms with van der Waals surface area (Å²) in [4.78, 5) is 33.2. The van der Waals surface area contributed by atoms with Gasteiger partial charge in [0.05, 0.1) is 5.56 Å². The van der Waals surface area contributed by atoms with E-state index in [-0.39, 0.29) is 0 Å². The summed E-state index contributed by atoms with van der Waals surface area (Å²) in [5.74, 6) is -6.87. The molecule has 1 amide bonds. The van der Waals surface area contributed by atoms with Gasteiger partial charge in [0.25, 0.3) is 5.91 Å². The van der Waals surface area contributed by atoms with E-state index in [1.54, 1.807) is 0 Å². The molecule has 0 atom stereocenters. The number of carbonyl (C=O) groups excluding carboxylic acids is 1. The van der Waals surface area contributed by atoms with Gasteiger partial charge < -0.3 is 15.1 Å². The van der Waals surface area contributed by atoms with Crippen LogP contribution in [0.2, 0.25) is 0 Å². The molecule has 2 N–H and O–H groups in total. The molecule has 1 aromatic carbocycles. The zero-order valence-electron chi connectivity index (χ0n) is 9.47. The predicted molar refractivity (Wildman–Crippen MR) is 57.5 cm³/mol. The number of hydrogen-bond donors (Lipinski definition) is 2. The van der Waals surface area contributed by atoms with Gasteiger partial charge in [-0.25, -0.2) is 8.78 Å². The summed E-state index contributed by atoms with van der Waals surface area (Å²) < 4.78 is 26.3. The molecule has 0 aliphatic carbocycles. The Kier molecular flexibility index (Phi) is 4.51. The maximum absolute atomic E-state index is 13.4. The molecular weight excluding hydrogens is 264 g/mol. The highest BCUT2D eigenvalue weighted by Crippen LogP contribution is 2.13. The second-order valence-corrected chi connectivity index (χ2v) is 3.55. The van der Waals surface area contributed by atoms with Crippen molar-refractivity contribution < 1.29 is 33.4 Å². The molecule has 6 nitrogen and oxygen atoms in total. The molecule has 102 valence electrons. The highest BCUT2D eigenvalue weighted by molar-refractivity contribution is 5.97. The quantitative estimate of drug-likeness (QED) is 0.818. The third kappa shape index (κ3) is 3.73. The number of aliphatic carboxylic acids is 2. The Bertz CT molecular complexity index is 516. The van der Waals surface area contributed by atoms with Gasteiger partial charge in [-0.15, -0.1) is 0 Å². The van der Waals surface area contributed by atoms with Crippen LogP contribution in [0.4, 0.5) is 8.78 Å². The highest BCUT2D eigenvalue weighted by Gasteiger charge is 2.24. The van der Waals surface area contributed by atoms with Crippen LogP contribution in [0, 0.1) is 11.6 Å². The van der Waals surface area contributed by atoms with E-state index in [0.717, 1.165) is 18.2 Å².